The van der Waals surface area contributed by atoms with Crippen molar-refractivity contribution in [2.75, 3.05) is 0 Å². The van der Waals surface area contributed by atoms with Crippen molar-refractivity contribution in [1.29, 1.82) is 0 Å². The molecular weight excluding hydrogens is 204 g/mol. The zero-order valence-electron chi connectivity index (χ0n) is 8.25. The standard InChI is InChI=1S/C3H6O.2C2H4O2.Ca/c1-3(2)4;2*1-2(3)4;/h1-2H3;2*1H3,(H,3,4);/q;;;+2/p-2. The molecule has 0 aromatic carbocycles. The molecule has 5 nitrogen and oxygen atoms in total. The Morgan fingerprint density at radius 2 is 0.769 bits per heavy atom. The molecule has 0 radical (unpaired) electrons. The summed E-state index contributed by atoms with van der Waals surface area (Å²) in [6.45, 7) is 5.00. The average molecular weight is 216 g/mol. The number of hydrogen-bond donors (Lipinski definition) is 0. The van der Waals surface area contributed by atoms with E-state index in [4.69, 9.17) is 19.8 Å². The number of carboxylic acids is 2. The molecule has 0 aromatic heterocycles. The van der Waals surface area contributed by atoms with Gasteiger partial charge in [0.2, 0.25) is 0 Å². The number of carbonyl (C=O) groups excluding carboxylic acids is 3. The van der Waals surface area contributed by atoms with E-state index in [1.54, 1.807) is 0 Å². The molecule has 0 fully saturated rings. The van der Waals surface area contributed by atoms with Crippen LogP contribution in [0.5, 0.6) is 0 Å². The SMILES string of the molecule is CC(=O)[O-].CC(=O)[O-].CC(C)=O.[Ca+2]. The topological polar surface area (TPSA) is 97.3 Å². The minimum absolute atomic E-state index is 0. The Morgan fingerprint density at radius 1 is 0.769 bits per heavy atom. The van der Waals surface area contributed by atoms with Gasteiger partial charge in [-0.25, -0.2) is 0 Å². The van der Waals surface area contributed by atoms with Crippen LogP contribution in [-0.2, 0) is 14.4 Å². The number of hydrogen-bond acceptors (Lipinski definition) is 5. The van der Waals surface area contributed by atoms with Gasteiger partial charge in [0.15, 0.2) is 0 Å². The van der Waals surface area contributed by atoms with Crippen molar-refractivity contribution < 1.29 is 24.6 Å². The molecule has 0 aliphatic heterocycles. The molecule has 0 rings (SSSR count). The Morgan fingerprint density at radius 3 is 0.769 bits per heavy atom. The van der Waals surface area contributed by atoms with Crippen LogP contribution in [0.15, 0.2) is 0 Å². The molecule has 0 bridgehead atoms. The molecule has 0 N–H and O–H groups in total. The maximum absolute atomic E-state index is 9.44. The van der Waals surface area contributed by atoms with Crippen molar-refractivity contribution in [1.82, 2.24) is 0 Å². The molecule has 0 saturated heterocycles. The summed E-state index contributed by atoms with van der Waals surface area (Å²) in [6.07, 6.45) is 0. The van der Waals surface area contributed by atoms with E-state index in [0.29, 0.717) is 0 Å². The van der Waals surface area contributed by atoms with Gasteiger partial charge >= 0.3 is 37.7 Å². The average Bonchev–Trinajstić information content (AvgIpc) is 1.54. The largest absolute Gasteiger partial charge is 2.00 e. The second-order valence-corrected chi connectivity index (χ2v) is 1.89. The van der Waals surface area contributed by atoms with Crippen molar-refractivity contribution in [3.05, 3.63) is 0 Å². The van der Waals surface area contributed by atoms with E-state index in [-0.39, 0.29) is 43.5 Å². The monoisotopic (exact) mass is 216 g/mol. The smallest absolute Gasteiger partial charge is 0.550 e. The van der Waals surface area contributed by atoms with Crippen molar-refractivity contribution in [3.8, 4) is 0 Å². The molecule has 0 atom stereocenters. The second kappa shape index (κ2) is 17.8. The van der Waals surface area contributed by atoms with Gasteiger partial charge in [0.1, 0.15) is 5.78 Å². The summed E-state index contributed by atoms with van der Waals surface area (Å²) in [4.78, 5) is 27.2. The summed E-state index contributed by atoms with van der Waals surface area (Å²) in [5, 5.41) is 17.8. The third-order valence-electron chi connectivity index (χ3n) is 0. The van der Waals surface area contributed by atoms with E-state index in [1.807, 2.05) is 0 Å². The van der Waals surface area contributed by atoms with E-state index >= 15 is 0 Å². The molecule has 0 aromatic rings. The Hall–Kier alpha value is -0.130. The molecule has 13 heavy (non-hydrogen) atoms. The molecule has 72 valence electrons. The summed E-state index contributed by atoms with van der Waals surface area (Å²) < 4.78 is 0. The number of Topliss-reactive ketones (excluding diaryl/α,β-unsaturated/α-hetero) is 1. The predicted octanol–water partition coefficient (Wildman–Crippen LogP) is -2.27. The first-order valence-electron chi connectivity index (χ1n) is 3.02. The van der Waals surface area contributed by atoms with Gasteiger partial charge < -0.3 is 24.6 Å². The molecule has 0 aliphatic carbocycles. The normalized spacial score (nSPS) is 5.85. The molecule has 0 aliphatic rings. The number of carbonyl (C=O) groups is 3. The Labute approximate surface area is 107 Å². The number of ketones is 1. The van der Waals surface area contributed by atoms with E-state index in [2.05, 4.69) is 0 Å². The van der Waals surface area contributed by atoms with Crippen LogP contribution in [-0.4, -0.2) is 55.5 Å². The summed E-state index contributed by atoms with van der Waals surface area (Å²) in [6, 6.07) is 0. The Balaban J connectivity index is -0.0000000450. The third kappa shape index (κ3) is 68100. The van der Waals surface area contributed by atoms with Gasteiger partial charge in [-0.05, 0) is 27.7 Å². The first-order chi connectivity index (χ1) is 5.20. The predicted molar refractivity (Wildman–Crippen MR) is 43.5 cm³/mol. The fourth-order valence-electron chi connectivity index (χ4n) is 0. The summed E-state index contributed by atoms with van der Waals surface area (Å²) in [5.41, 5.74) is 0. The molecule has 0 spiro atoms. The van der Waals surface area contributed by atoms with Crippen LogP contribution in [0.1, 0.15) is 27.7 Å². The van der Waals surface area contributed by atoms with Crippen LogP contribution in [0, 0.1) is 0 Å². The second-order valence-electron chi connectivity index (χ2n) is 1.89. The fraction of sp³-hybridized carbons (Fsp3) is 0.571. The number of aliphatic carboxylic acids is 2. The summed E-state index contributed by atoms with van der Waals surface area (Å²) in [5.74, 6) is -2.00. The van der Waals surface area contributed by atoms with Gasteiger partial charge in [-0.15, -0.1) is 0 Å². The molecule has 0 amide bonds. The van der Waals surface area contributed by atoms with Gasteiger partial charge in [0.25, 0.3) is 0 Å². The van der Waals surface area contributed by atoms with Crippen molar-refractivity contribution in [3.63, 3.8) is 0 Å². The minimum atomic E-state index is -1.08. The maximum atomic E-state index is 9.44. The number of rotatable bonds is 0. The van der Waals surface area contributed by atoms with Crippen LogP contribution >= 0.6 is 0 Å². The van der Waals surface area contributed by atoms with Crippen LogP contribution < -0.4 is 10.2 Å². The van der Waals surface area contributed by atoms with E-state index in [0.717, 1.165) is 13.8 Å². The van der Waals surface area contributed by atoms with Gasteiger partial charge in [-0.3, -0.25) is 0 Å². The van der Waals surface area contributed by atoms with E-state index in [1.165, 1.54) is 13.8 Å². The van der Waals surface area contributed by atoms with Crippen LogP contribution in [0.4, 0.5) is 0 Å². The van der Waals surface area contributed by atoms with Gasteiger partial charge in [0, 0.05) is 11.9 Å². The number of carboxylic acid groups (broad SMARTS) is 2. The van der Waals surface area contributed by atoms with Crippen LogP contribution in [0.25, 0.3) is 0 Å². The van der Waals surface area contributed by atoms with Crippen molar-refractivity contribution in [2.24, 2.45) is 0 Å². The summed E-state index contributed by atoms with van der Waals surface area (Å²) >= 11 is 0. The zero-order valence-corrected chi connectivity index (χ0v) is 10.5. The third-order valence-corrected chi connectivity index (χ3v) is 0. The van der Waals surface area contributed by atoms with Gasteiger partial charge in [-0.1, -0.05) is 0 Å². The van der Waals surface area contributed by atoms with Crippen LogP contribution in [0.2, 0.25) is 0 Å². The quantitative estimate of drug-likeness (QED) is 0.425. The first kappa shape index (κ1) is 23.0. The Kier molecular flexibility index (Phi) is 31.6. The van der Waals surface area contributed by atoms with Crippen molar-refractivity contribution in [2.45, 2.75) is 27.7 Å². The molecule has 0 unspecified atom stereocenters. The maximum Gasteiger partial charge on any atom is 2.00 e. The summed E-state index contributed by atoms with van der Waals surface area (Å²) in [7, 11) is 0. The Bertz CT molecular complexity index is 114. The minimum Gasteiger partial charge on any atom is -0.550 e. The van der Waals surface area contributed by atoms with E-state index < -0.39 is 11.9 Å². The van der Waals surface area contributed by atoms with Crippen LogP contribution in [0.3, 0.4) is 0 Å². The first-order valence-corrected chi connectivity index (χ1v) is 3.02. The molecular formula is C7H12CaO5. The van der Waals surface area contributed by atoms with Crippen molar-refractivity contribution >= 4 is 55.5 Å². The molecule has 0 saturated carbocycles. The molecule has 0 heterocycles. The van der Waals surface area contributed by atoms with E-state index in [9.17, 15) is 4.79 Å². The zero-order chi connectivity index (χ0) is 10.7. The fourth-order valence-corrected chi connectivity index (χ4v) is 0. The molecule has 6 heteroatoms. The van der Waals surface area contributed by atoms with Gasteiger partial charge in [0.05, 0.1) is 0 Å². The van der Waals surface area contributed by atoms with Gasteiger partial charge in [-0.2, -0.15) is 0 Å².